The summed E-state index contributed by atoms with van der Waals surface area (Å²) < 4.78 is 28.2. The number of hydrogen-bond donors (Lipinski definition) is 3. The van der Waals surface area contributed by atoms with E-state index in [1.165, 1.54) is 0 Å². The van der Waals surface area contributed by atoms with E-state index in [1.807, 2.05) is 37.3 Å². The van der Waals surface area contributed by atoms with Gasteiger partial charge in [-0.2, -0.15) is 5.10 Å². The molecule has 0 aliphatic rings. The third-order valence-electron chi connectivity index (χ3n) is 4.39. The number of carbonyl (C=O) groups is 1. The molecule has 0 spiro atoms. The molecule has 3 rings (SSSR count). The average molecular weight is 398 g/mol. The molecular formula is C20H22N4O3S. The smallest absolute Gasteiger partial charge is 0.265 e. The van der Waals surface area contributed by atoms with Crippen LogP contribution in [0.15, 0.2) is 59.5 Å². The highest BCUT2D eigenvalue weighted by Crippen LogP contribution is 2.24. The van der Waals surface area contributed by atoms with Gasteiger partial charge in [-0.1, -0.05) is 42.5 Å². The van der Waals surface area contributed by atoms with Crippen molar-refractivity contribution in [3.63, 3.8) is 0 Å². The van der Waals surface area contributed by atoms with E-state index in [-0.39, 0.29) is 28.1 Å². The average Bonchev–Trinajstić information content (AvgIpc) is 3.01. The zero-order valence-electron chi connectivity index (χ0n) is 15.9. The minimum absolute atomic E-state index is 0.0837. The van der Waals surface area contributed by atoms with Gasteiger partial charge in [0.2, 0.25) is 0 Å². The predicted octanol–water partition coefficient (Wildman–Crippen LogP) is 3.32. The Morgan fingerprint density at radius 3 is 2.32 bits per heavy atom. The van der Waals surface area contributed by atoms with Gasteiger partial charge in [0.15, 0.2) is 0 Å². The Labute approximate surface area is 164 Å². The fourth-order valence-electron chi connectivity index (χ4n) is 3.00. The molecule has 0 saturated heterocycles. The number of para-hydroxylation sites is 1. The van der Waals surface area contributed by atoms with Gasteiger partial charge in [0.25, 0.3) is 15.9 Å². The van der Waals surface area contributed by atoms with Crippen molar-refractivity contribution in [3.8, 4) is 0 Å². The summed E-state index contributed by atoms with van der Waals surface area (Å²) in [6, 6.07) is 15.8. The number of aryl methyl sites for hydroxylation is 2. The zero-order chi connectivity index (χ0) is 20.3. The number of anilines is 1. The number of aromatic amines is 1. The number of hydrogen-bond acceptors (Lipinski definition) is 4. The Bertz CT molecular complexity index is 1070. The molecule has 0 radical (unpaired) electrons. The van der Waals surface area contributed by atoms with E-state index >= 15 is 0 Å². The van der Waals surface area contributed by atoms with Crippen molar-refractivity contribution in [1.29, 1.82) is 0 Å². The van der Waals surface area contributed by atoms with Gasteiger partial charge in [0.05, 0.1) is 28.7 Å². The summed E-state index contributed by atoms with van der Waals surface area (Å²) in [6.45, 7) is 5.12. The van der Waals surface area contributed by atoms with Crippen LogP contribution < -0.4 is 10.0 Å². The SMILES string of the molecule is Cc1n[nH]c(C)c1S(=O)(=O)Nc1ccccc1C(=O)N[C@H](C)c1ccccc1. The lowest BCUT2D eigenvalue weighted by molar-refractivity contribution is 0.0941. The monoisotopic (exact) mass is 398 g/mol. The first-order valence-electron chi connectivity index (χ1n) is 8.79. The molecule has 1 amide bonds. The van der Waals surface area contributed by atoms with Crippen molar-refractivity contribution in [3.05, 3.63) is 77.1 Å². The van der Waals surface area contributed by atoms with Gasteiger partial charge in [0, 0.05) is 0 Å². The lowest BCUT2D eigenvalue weighted by Crippen LogP contribution is -2.28. The van der Waals surface area contributed by atoms with Gasteiger partial charge < -0.3 is 5.32 Å². The molecule has 0 aliphatic heterocycles. The molecule has 0 aliphatic carbocycles. The molecule has 2 aromatic carbocycles. The number of amides is 1. The summed E-state index contributed by atoms with van der Waals surface area (Å²) in [4.78, 5) is 12.9. The minimum atomic E-state index is -3.89. The summed E-state index contributed by atoms with van der Waals surface area (Å²) in [5.41, 5.74) is 2.21. The third kappa shape index (κ3) is 4.07. The maximum atomic E-state index is 12.8. The second kappa shape index (κ2) is 7.85. The van der Waals surface area contributed by atoms with Gasteiger partial charge in [-0.25, -0.2) is 8.42 Å². The molecule has 1 heterocycles. The number of aromatic nitrogens is 2. The molecule has 0 fully saturated rings. The molecule has 28 heavy (non-hydrogen) atoms. The van der Waals surface area contributed by atoms with Gasteiger partial charge in [-0.05, 0) is 38.5 Å². The van der Waals surface area contributed by atoms with Crippen molar-refractivity contribution >= 4 is 21.6 Å². The highest BCUT2D eigenvalue weighted by atomic mass is 32.2. The van der Waals surface area contributed by atoms with Gasteiger partial charge in [-0.3, -0.25) is 14.6 Å². The molecule has 3 N–H and O–H groups in total. The summed E-state index contributed by atoms with van der Waals surface area (Å²) in [7, 11) is -3.89. The first-order chi connectivity index (χ1) is 13.3. The Kier molecular flexibility index (Phi) is 5.51. The Hall–Kier alpha value is -3.13. The standard InChI is InChI=1S/C20H22N4O3S/c1-13(16-9-5-4-6-10-16)21-20(25)17-11-7-8-12-18(17)24-28(26,27)19-14(2)22-23-15(19)3/h4-13,24H,1-3H3,(H,21,25)(H,22,23)/t13-/m1/s1. The normalized spacial score (nSPS) is 12.4. The van der Waals surface area contributed by atoms with Gasteiger partial charge in [-0.15, -0.1) is 0 Å². The van der Waals surface area contributed by atoms with Crippen LogP contribution in [0.5, 0.6) is 0 Å². The van der Waals surface area contributed by atoms with Crippen LogP contribution in [0.25, 0.3) is 0 Å². The molecule has 3 aromatic rings. The first kappa shape index (κ1) is 19.6. The topological polar surface area (TPSA) is 104 Å². The minimum Gasteiger partial charge on any atom is -0.345 e. The van der Waals surface area contributed by atoms with E-state index in [1.54, 1.807) is 38.1 Å². The van der Waals surface area contributed by atoms with Crippen molar-refractivity contribution in [2.45, 2.75) is 31.7 Å². The van der Waals surface area contributed by atoms with E-state index in [4.69, 9.17) is 0 Å². The van der Waals surface area contributed by atoms with E-state index in [9.17, 15) is 13.2 Å². The second-order valence-corrected chi connectivity index (χ2v) is 8.14. The molecule has 0 unspecified atom stereocenters. The highest BCUT2D eigenvalue weighted by Gasteiger charge is 2.24. The number of nitrogens with one attached hydrogen (secondary N) is 3. The number of nitrogens with zero attached hydrogens (tertiary/aromatic N) is 1. The van der Waals surface area contributed by atoms with Crippen LogP contribution in [0.4, 0.5) is 5.69 Å². The lowest BCUT2D eigenvalue weighted by atomic mass is 10.1. The van der Waals surface area contributed by atoms with Crippen molar-refractivity contribution in [1.82, 2.24) is 15.5 Å². The molecule has 8 heteroatoms. The second-order valence-electron chi connectivity index (χ2n) is 6.52. The summed E-state index contributed by atoms with van der Waals surface area (Å²) in [6.07, 6.45) is 0. The van der Waals surface area contributed by atoms with Crippen LogP contribution in [0, 0.1) is 13.8 Å². The fourth-order valence-corrected chi connectivity index (χ4v) is 4.45. The number of rotatable bonds is 6. The largest absolute Gasteiger partial charge is 0.345 e. The van der Waals surface area contributed by atoms with E-state index in [0.29, 0.717) is 11.4 Å². The number of benzene rings is 2. The number of H-pyrrole nitrogens is 1. The zero-order valence-corrected chi connectivity index (χ0v) is 16.7. The lowest BCUT2D eigenvalue weighted by Gasteiger charge is -2.17. The maximum absolute atomic E-state index is 12.8. The Balaban J connectivity index is 1.86. The van der Waals surface area contributed by atoms with Crippen LogP contribution in [-0.4, -0.2) is 24.5 Å². The van der Waals surface area contributed by atoms with E-state index < -0.39 is 10.0 Å². The molecule has 7 nitrogen and oxygen atoms in total. The predicted molar refractivity (Wildman–Crippen MR) is 108 cm³/mol. The van der Waals surface area contributed by atoms with Crippen molar-refractivity contribution < 1.29 is 13.2 Å². The Morgan fingerprint density at radius 2 is 1.68 bits per heavy atom. The van der Waals surface area contributed by atoms with Crippen molar-refractivity contribution in [2.24, 2.45) is 0 Å². The van der Waals surface area contributed by atoms with Gasteiger partial charge >= 0.3 is 0 Å². The molecule has 0 bridgehead atoms. The highest BCUT2D eigenvalue weighted by molar-refractivity contribution is 7.92. The first-order valence-corrected chi connectivity index (χ1v) is 10.3. The van der Waals surface area contributed by atoms with E-state index in [0.717, 1.165) is 5.56 Å². The number of sulfonamides is 1. The number of carbonyl (C=O) groups excluding carboxylic acids is 1. The quantitative estimate of drug-likeness (QED) is 0.592. The third-order valence-corrected chi connectivity index (χ3v) is 6.02. The van der Waals surface area contributed by atoms with Crippen LogP contribution >= 0.6 is 0 Å². The molecule has 0 saturated carbocycles. The summed E-state index contributed by atoms with van der Waals surface area (Å²) >= 11 is 0. The maximum Gasteiger partial charge on any atom is 0.265 e. The molecular weight excluding hydrogens is 376 g/mol. The van der Waals surface area contributed by atoms with Gasteiger partial charge in [0.1, 0.15) is 4.90 Å². The van der Waals surface area contributed by atoms with Crippen LogP contribution in [-0.2, 0) is 10.0 Å². The molecule has 1 aromatic heterocycles. The van der Waals surface area contributed by atoms with Crippen LogP contribution in [0.1, 0.15) is 40.3 Å². The van der Waals surface area contributed by atoms with Crippen LogP contribution in [0.3, 0.4) is 0 Å². The molecule has 146 valence electrons. The Morgan fingerprint density at radius 1 is 1.04 bits per heavy atom. The van der Waals surface area contributed by atoms with E-state index in [2.05, 4.69) is 20.2 Å². The summed E-state index contributed by atoms with van der Waals surface area (Å²) in [5.74, 6) is -0.365. The fraction of sp³-hybridized carbons (Fsp3) is 0.200. The van der Waals surface area contributed by atoms with Crippen LogP contribution in [0.2, 0.25) is 0 Å². The van der Waals surface area contributed by atoms with Crippen molar-refractivity contribution in [2.75, 3.05) is 4.72 Å². The molecule has 1 atom stereocenters. The summed E-state index contributed by atoms with van der Waals surface area (Å²) in [5, 5.41) is 9.50.